The zero-order valence-corrected chi connectivity index (χ0v) is 11.9. The van der Waals surface area contributed by atoms with Crippen LogP contribution in [0.5, 0.6) is 0 Å². The summed E-state index contributed by atoms with van der Waals surface area (Å²) in [4.78, 5) is 0. The first-order valence-electron chi connectivity index (χ1n) is 7.08. The number of aliphatic hydroxyl groups is 1. The Balaban J connectivity index is 1.82. The first-order valence-corrected chi connectivity index (χ1v) is 8.23. The number of thioether (sulfide) groups is 1. The van der Waals surface area contributed by atoms with Gasteiger partial charge >= 0.3 is 0 Å². The number of hydrogen-bond acceptors (Lipinski definition) is 2. The highest BCUT2D eigenvalue weighted by atomic mass is 32.2. The highest BCUT2D eigenvalue weighted by molar-refractivity contribution is 7.99. The molecule has 2 aromatic rings. The first kappa shape index (κ1) is 13.0. The molecule has 2 aromatic carbocycles. The van der Waals surface area contributed by atoms with Crippen LogP contribution in [-0.2, 0) is 0 Å². The molecule has 100 valence electrons. The Labute approximate surface area is 119 Å². The van der Waals surface area contributed by atoms with Gasteiger partial charge in [-0.2, -0.15) is 11.8 Å². The van der Waals surface area contributed by atoms with E-state index in [1.165, 1.54) is 35.1 Å². The van der Waals surface area contributed by atoms with E-state index in [0.717, 1.165) is 12.0 Å². The Bertz CT molecular complexity index is 540. The SMILES string of the molecule is OC(CC1CCSCC1)c1cccc2ccccc12. The molecule has 1 nitrogen and oxygen atoms in total. The maximum atomic E-state index is 10.6. The second-order valence-electron chi connectivity index (χ2n) is 5.38. The van der Waals surface area contributed by atoms with Crippen molar-refractivity contribution in [3.63, 3.8) is 0 Å². The van der Waals surface area contributed by atoms with Gasteiger partial charge in [0.2, 0.25) is 0 Å². The van der Waals surface area contributed by atoms with Crippen LogP contribution >= 0.6 is 11.8 Å². The molecule has 1 saturated heterocycles. The van der Waals surface area contributed by atoms with Gasteiger partial charge in [-0.15, -0.1) is 0 Å². The van der Waals surface area contributed by atoms with Gasteiger partial charge in [-0.1, -0.05) is 42.5 Å². The standard InChI is InChI=1S/C17H20OS/c18-17(12-13-8-10-19-11-9-13)16-7-3-5-14-4-1-2-6-15(14)16/h1-7,13,17-18H,8-12H2. The summed E-state index contributed by atoms with van der Waals surface area (Å²) in [7, 11) is 0. The molecule has 0 amide bonds. The third-order valence-electron chi connectivity index (χ3n) is 4.08. The minimum atomic E-state index is -0.320. The summed E-state index contributed by atoms with van der Waals surface area (Å²) >= 11 is 2.04. The molecule has 0 radical (unpaired) electrons. The number of aliphatic hydroxyl groups excluding tert-OH is 1. The van der Waals surface area contributed by atoms with Crippen LogP contribution < -0.4 is 0 Å². The lowest BCUT2D eigenvalue weighted by Crippen LogP contribution is -2.13. The van der Waals surface area contributed by atoms with Crippen molar-refractivity contribution in [2.45, 2.75) is 25.4 Å². The van der Waals surface area contributed by atoms with Crippen LogP contribution in [0.25, 0.3) is 10.8 Å². The molecule has 0 aromatic heterocycles. The van der Waals surface area contributed by atoms with E-state index in [9.17, 15) is 5.11 Å². The van der Waals surface area contributed by atoms with Crippen molar-refractivity contribution < 1.29 is 5.11 Å². The summed E-state index contributed by atoms with van der Waals surface area (Å²) < 4.78 is 0. The smallest absolute Gasteiger partial charge is 0.0798 e. The lowest BCUT2D eigenvalue weighted by atomic mass is 9.90. The van der Waals surface area contributed by atoms with Crippen molar-refractivity contribution in [1.82, 2.24) is 0 Å². The molecule has 1 atom stereocenters. The second kappa shape index (κ2) is 5.98. The average molecular weight is 272 g/mol. The molecule has 0 saturated carbocycles. The summed E-state index contributed by atoms with van der Waals surface area (Å²) in [6.07, 6.45) is 3.10. The zero-order chi connectivity index (χ0) is 13.1. The summed E-state index contributed by atoms with van der Waals surface area (Å²) in [5, 5.41) is 13.0. The quantitative estimate of drug-likeness (QED) is 0.893. The largest absolute Gasteiger partial charge is 0.388 e. The number of rotatable bonds is 3. The second-order valence-corrected chi connectivity index (χ2v) is 6.60. The van der Waals surface area contributed by atoms with Gasteiger partial charge in [0.05, 0.1) is 6.10 Å². The van der Waals surface area contributed by atoms with Crippen LogP contribution in [0.2, 0.25) is 0 Å². The van der Waals surface area contributed by atoms with Gasteiger partial charge in [0.25, 0.3) is 0 Å². The molecule has 0 aliphatic carbocycles. The molecule has 1 N–H and O–H groups in total. The Hall–Kier alpha value is -0.990. The molecule has 3 rings (SSSR count). The Morgan fingerprint density at radius 3 is 2.63 bits per heavy atom. The van der Waals surface area contributed by atoms with E-state index >= 15 is 0 Å². The zero-order valence-electron chi connectivity index (χ0n) is 11.1. The number of benzene rings is 2. The maximum absolute atomic E-state index is 10.6. The van der Waals surface area contributed by atoms with E-state index in [0.29, 0.717) is 5.92 Å². The molecule has 0 bridgehead atoms. The number of fused-ring (bicyclic) bond motifs is 1. The minimum absolute atomic E-state index is 0.320. The van der Waals surface area contributed by atoms with Gasteiger partial charge in [0, 0.05) is 0 Å². The molecular formula is C17H20OS. The van der Waals surface area contributed by atoms with Crippen LogP contribution in [0.15, 0.2) is 42.5 Å². The van der Waals surface area contributed by atoms with Crippen molar-refractivity contribution in [1.29, 1.82) is 0 Å². The predicted molar refractivity (Wildman–Crippen MR) is 83.6 cm³/mol. The van der Waals surface area contributed by atoms with Crippen molar-refractivity contribution in [2.24, 2.45) is 5.92 Å². The fourth-order valence-electron chi connectivity index (χ4n) is 2.97. The highest BCUT2D eigenvalue weighted by Gasteiger charge is 2.19. The van der Waals surface area contributed by atoms with E-state index < -0.39 is 0 Å². The molecule has 1 unspecified atom stereocenters. The van der Waals surface area contributed by atoms with E-state index in [4.69, 9.17) is 0 Å². The van der Waals surface area contributed by atoms with Crippen LogP contribution in [0.1, 0.15) is 30.9 Å². The normalized spacial score (nSPS) is 18.6. The van der Waals surface area contributed by atoms with Gasteiger partial charge in [-0.3, -0.25) is 0 Å². The summed E-state index contributed by atoms with van der Waals surface area (Å²) in [6, 6.07) is 14.6. The van der Waals surface area contributed by atoms with E-state index in [1.54, 1.807) is 0 Å². The highest BCUT2D eigenvalue weighted by Crippen LogP contribution is 2.33. The number of hydrogen-bond donors (Lipinski definition) is 1. The third kappa shape index (κ3) is 2.96. The minimum Gasteiger partial charge on any atom is -0.388 e. The van der Waals surface area contributed by atoms with Crippen LogP contribution in [0.3, 0.4) is 0 Å². The van der Waals surface area contributed by atoms with Crippen molar-refractivity contribution in [3.8, 4) is 0 Å². The molecule has 0 spiro atoms. The maximum Gasteiger partial charge on any atom is 0.0798 e. The van der Waals surface area contributed by atoms with Crippen molar-refractivity contribution in [2.75, 3.05) is 11.5 Å². The van der Waals surface area contributed by atoms with Crippen LogP contribution in [-0.4, -0.2) is 16.6 Å². The molecule has 1 fully saturated rings. The van der Waals surface area contributed by atoms with Crippen LogP contribution in [0, 0.1) is 5.92 Å². The summed E-state index contributed by atoms with van der Waals surface area (Å²) in [5.74, 6) is 3.20. The Morgan fingerprint density at radius 2 is 1.79 bits per heavy atom. The molecule has 1 aliphatic rings. The Kier molecular flexibility index (Phi) is 4.09. The molecular weight excluding hydrogens is 252 g/mol. The van der Waals surface area contributed by atoms with Crippen molar-refractivity contribution >= 4 is 22.5 Å². The lowest BCUT2D eigenvalue weighted by Gasteiger charge is -2.24. The fraction of sp³-hybridized carbons (Fsp3) is 0.412. The third-order valence-corrected chi connectivity index (χ3v) is 5.13. The first-order chi connectivity index (χ1) is 9.34. The van der Waals surface area contributed by atoms with Gasteiger partial charge in [-0.05, 0) is 53.0 Å². The van der Waals surface area contributed by atoms with Gasteiger partial charge in [0.1, 0.15) is 0 Å². The predicted octanol–water partition coefficient (Wildman–Crippen LogP) is 4.41. The van der Waals surface area contributed by atoms with Gasteiger partial charge in [0.15, 0.2) is 0 Å². The molecule has 2 heteroatoms. The molecule has 1 aliphatic heterocycles. The Morgan fingerprint density at radius 1 is 1.05 bits per heavy atom. The summed E-state index contributed by atoms with van der Waals surface area (Å²) in [6.45, 7) is 0. The van der Waals surface area contributed by atoms with Crippen LogP contribution in [0.4, 0.5) is 0 Å². The van der Waals surface area contributed by atoms with E-state index in [-0.39, 0.29) is 6.10 Å². The van der Waals surface area contributed by atoms with Gasteiger partial charge < -0.3 is 5.11 Å². The van der Waals surface area contributed by atoms with Gasteiger partial charge in [-0.25, -0.2) is 0 Å². The lowest BCUT2D eigenvalue weighted by molar-refractivity contribution is 0.142. The van der Waals surface area contributed by atoms with E-state index in [1.807, 2.05) is 11.8 Å². The fourth-order valence-corrected chi connectivity index (χ4v) is 4.17. The average Bonchev–Trinajstić information content (AvgIpc) is 2.47. The van der Waals surface area contributed by atoms with E-state index in [2.05, 4.69) is 42.5 Å². The monoisotopic (exact) mass is 272 g/mol. The topological polar surface area (TPSA) is 20.2 Å². The van der Waals surface area contributed by atoms with Crippen molar-refractivity contribution in [3.05, 3.63) is 48.0 Å². The molecule has 19 heavy (non-hydrogen) atoms. The summed E-state index contributed by atoms with van der Waals surface area (Å²) in [5.41, 5.74) is 1.09. The molecule has 1 heterocycles.